The van der Waals surface area contributed by atoms with Crippen molar-refractivity contribution in [2.45, 2.75) is 38.6 Å². The Labute approximate surface area is 136 Å². The Hall–Kier alpha value is -2.30. The first-order chi connectivity index (χ1) is 11.0. The molecule has 1 saturated carbocycles. The minimum Gasteiger partial charge on any atom is -0.496 e. The van der Waals surface area contributed by atoms with Gasteiger partial charge in [-0.25, -0.2) is 0 Å². The van der Waals surface area contributed by atoms with Crippen molar-refractivity contribution in [1.29, 1.82) is 0 Å². The van der Waals surface area contributed by atoms with Crippen LogP contribution < -0.4 is 10.1 Å². The topological polar surface area (TPSA) is 56.1 Å². The zero-order valence-corrected chi connectivity index (χ0v) is 14.1. The highest BCUT2D eigenvalue weighted by molar-refractivity contribution is 5.92. The zero-order valence-electron chi connectivity index (χ0n) is 14.1. The van der Waals surface area contributed by atoms with E-state index >= 15 is 0 Å². The molecule has 0 aliphatic heterocycles. The predicted molar refractivity (Wildman–Crippen MR) is 88.4 cm³/mol. The van der Waals surface area contributed by atoms with Gasteiger partial charge in [-0.1, -0.05) is 18.2 Å². The summed E-state index contributed by atoms with van der Waals surface area (Å²) in [5.41, 5.74) is 3.70. The van der Waals surface area contributed by atoms with E-state index in [2.05, 4.69) is 10.4 Å². The van der Waals surface area contributed by atoms with Crippen molar-refractivity contribution < 1.29 is 9.53 Å². The zero-order chi connectivity index (χ0) is 16.6. The maximum Gasteiger partial charge on any atom is 0.231 e. The molecule has 0 saturated heterocycles. The molecule has 1 aliphatic rings. The van der Waals surface area contributed by atoms with Crippen molar-refractivity contribution >= 4 is 5.91 Å². The van der Waals surface area contributed by atoms with E-state index in [9.17, 15) is 4.79 Å². The van der Waals surface area contributed by atoms with E-state index in [1.807, 2.05) is 49.8 Å². The molecule has 0 radical (unpaired) electrons. The molecule has 2 aromatic rings. The van der Waals surface area contributed by atoms with Crippen LogP contribution in [0, 0.1) is 13.8 Å². The fraction of sp³-hybridized carbons (Fsp3) is 0.444. The largest absolute Gasteiger partial charge is 0.496 e. The third-order valence-electron chi connectivity index (χ3n) is 4.89. The fourth-order valence-electron chi connectivity index (χ4n) is 3.19. The smallest absolute Gasteiger partial charge is 0.231 e. The van der Waals surface area contributed by atoms with E-state index in [0.29, 0.717) is 6.54 Å². The molecule has 23 heavy (non-hydrogen) atoms. The second kappa shape index (κ2) is 5.72. The summed E-state index contributed by atoms with van der Waals surface area (Å²) in [6.45, 7) is 4.51. The lowest BCUT2D eigenvalue weighted by Crippen LogP contribution is -2.34. The van der Waals surface area contributed by atoms with E-state index in [4.69, 9.17) is 4.74 Å². The van der Waals surface area contributed by atoms with Gasteiger partial charge in [0.15, 0.2) is 0 Å². The third kappa shape index (κ3) is 2.60. The van der Waals surface area contributed by atoms with E-state index in [0.717, 1.165) is 41.1 Å². The quantitative estimate of drug-likeness (QED) is 0.922. The van der Waals surface area contributed by atoms with E-state index in [-0.39, 0.29) is 5.91 Å². The molecule has 1 amide bonds. The average molecular weight is 313 g/mol. The van der Waals surface area contributed by atoms with Crippen LogP contribution in [0.25, 0.3) is 0 Å². The number of aryl methyl sites for hydroxylation is 2. The van der Waals surface area contributed by atoms with Crippen molar-refractivity contribution in [3.63, 3.8) is 0 Å². The Morgan fingerprint density at radius 2 is 2.04 bits per heavy atom. The van der Waals surface area contributed by atoms with E-state index in [1.165, 1.54) is 0 Å². The molecule has 1 aliphatic carbocycles. The van der Waals surface area contributed by atoms with Crippen LogP contribution in [0.5, 0.6) is 5.75 Å². The lowest BCUT2D eigenvalue weighted by molar-refractivity contribution is -0.123. The normalized spacial score (nSPS) is 15.3. The number of nitrogens with zero attached hydrogens (tertiary/aromatic N) is 2. The molecule has 122 valence electrons. The van der Waals surface area contributed by atoms with Gasteiger partial charge < -0.3 is 10.1 Å². The van der Waals surface area contributed by atoms with Crippen LogP contribution >= 0.6 is 0 Å². The molecular weight excluding hydrogens is 290 g/mol. The van der Waals surface area contributed by atoms with Crippen LogP contribution in [0.4, 0.5) is 0 Å². The SMILES string of the molecule is COc1ccccc1C1(C(=O)NCc2c(C)nn(C)c2C)CC1. The van der Waals surface area contributed by atoms with Gasteiger partial charge in [-0.15, -0.1) is 0 Å². The van der Waals surface area contributed by atoms with Gasteiger partial charge in [-0.05, 0) is 32.8 Å². The second-order valence-electron chi connectivity index (χ2n) is 6.24. The second-order valence-corrected chi connectivity index (χ2v) is 6.24. The number of carbonyl (C=O) groups excluding carboxylic acids is 1. The molecule has 0 atom stereocenters. The number of ether oxygens (including phenoxy) is 1. The molecular formula is C18H23N3O2. The van der Waals surface area contributed by atoms with Gasteiger partial charge in [0.1, 0.15) is 5.75 Å². The lowest BCUT2D eigenvalue weighted by Gasteiger charge is -2.18. The van der Waals surface area contributed by atoms with Crippen molar-refractivity contribution in [3.05, 3.63) is 46.8 Å². The standard InChI is InChI=1S/C18H23N3O2/c1-12-14(13(2)21(3)20-12)11-19-17(22)18(9-10-18)15-7-5-6-8-16(15)23-4/h5-8H,9-11H2,1-4H3,(H,19,22). The van der Waals surface area contributed by atoms with E-state index < -0.39 is 5.41 Å². The summed E-state index contributed by atoms with van der Waals surface area (Å²) in [6.07, 6.45) is 1.73. The monoisotopic (exact) mass is 313 g/mol. The maximum absolute atomic E-state index is 12.8. The van der Waals surface area contributed by atoms with Gasteiger partial charge in [0, 0.05) is 30.4 Å². The summed E-state index contributed by atoms with van der Waals surface area (Å²) >= 11 is 0. The number of hydrogen-bond acceptors (Lipinski definition) is 3. The first kappa shape index (κ1) is 15.6. The van der Waals surface area contributed by atoms with Crippen LogP contribution in [0.2, 0.25) is 0 Å². The number of hydrogen-bond donors (Lipinski definition) is 1. The molecule has 5 nitrogen and oxygen atoms in total. The van der Waals surface area contributed by atoms with Crippen LogP contribution in [0.1, 0.15) is 35.4 Å². The minimum atomic E-state index is -0.434. The van der Waals surface area contributed by atoms with Crippen molar-refractivity contribution in [2.24, 2.45) is 7.05 Å². The highest BCUT2D eigenvalue weighted by Gasteiger charge is 2.52. The first-order valence-corrected chi connectivity index (χ1v) is 7.90. The number of benzene rings is 1. The number of nitrogens with one attached hydrogen (secondary N) is 1. The summed E-state index contributed by atoms with van der Waals surface area (Å²) in [7, 11) is 3.57. The molecule has 0 bridgehead atoms. The highest BCUT2D eigenvalue weighted by Crippen LogP contribution is 2.51. The molecule has 1 heterocycles. The lowest BCUT2D eigenvalue weighted by atomic mass is 9.94. The average Bonchev–Trinajstić information content (AvgIpc) is 3.31. The Balaban J connectivity index is 1.78. The van der Waals surface area contributed by atoms with Gasteiger partial charge in [-0.2, -0.15) is 5.10 Å². The molecule has 0 spiro atoms. The molecule has 1 fully saturated rings. The number of carbonyl (C=O) groups is 1. The summed E-state index contributed by atoms with van der Waals surface area (Å²) < 4.78 is 7.28. The van der Waals surface area contributed by atoms with E-state index in [1.54, 1.807) is 7.11 Å². The Bertz CT molecular complexity index is 745. The van der Waals surface area contributed by atoms with Gasteiger partial charge in [0.05, 0.1) is 18.2 Å². The minimum absolute atomic E-state index is 0.0738. The summed E-state index contributed by atoms with van der Waals surface area (Å²) in [5, 5.41) is 7.50. The van der Waals surface area contributed by atoms with Crippen LogP contribution in [0.3, 0.4) is 0 Å². The molecule has 1 aromatic carbocycles. The van der Waals surface area contributed by atoms with Gasteiger partial charge >= 0.3 is 0 Å². The highest BCUT2D eigenvalue weighted by atomic mass is 16.5. The van der Waals surface area contributed by atoms with Crippen LogP contribution in [-0.4, -0.2) is 22.8 Å². The van der Waals surface area contributed by atoms with Crippen molar-refractivity contribution in [3.8, 4) is 5.75 Å². The molecule has 1 aromatic heterocycles. The summed E-state index contributed by atoms with van der Waals surface area (Å²) in [4.78, 5) is 12.8. The number of amides is 1. The van der Waals surface area contributed by atoms with Crippen LogP contribution in [0.15, 0.2) is 24.3 Å². The molecule has 0 unspecified atom stereocenters. The number of para-hydroxylation sites is 1. The Kier molecular flexibility index (Phi) is 3.88. The van der Waals surface area contributed by atoms with Crippen molar-refractivity contribution in [1.82, 2.24) is 15.1 Å². The Morgan fingerprint density at radius 3 is 2.61 bits per heavy atom. The maximum atomic E-state index is 12.8. The van der Waals surface area contributed by atoms with Crippen molar-refractivity contribution in [2.75, 3.05) is 7.11 Å². The van der Waals surface area contributed by atoms with Gasteiger partial charge in [-0.3, -0.25) is 9.48 Å². The van der Waals surface area contributed by atoms with Crippen LogP contribution in [-0.2, 0) is 23.8 Å². The number of rotatable bonds is 5. The predicted octanol–water partition coefficient (Wildman–Crippen LogP) is 2.39. The molecule has 5 heteroatoms. The first-order valence-electron chi connectivity index (χ1n) is 7.90. The summed E-state index contributed by atoms with van der Waals surface area (Å²) in [5.74, 6) is 0.860. The van der Waals surface area contributed by atoms with Gasteiger partial charge in [0.2, 0.25) is 5.91 Å². The number of methoxy groups -OCH3 is 1. The summed E-state index contributed by atoms with van der Waals surface area (Å²) in [6, 6.07) is 7.80. The molecule has 3 rings (SSSR count). The third-order valence-corrected chi connectivity index (χ3v) is 4.89. The molecule has 1 N–H and O–H groups in total. The Morgan fingerprint density at radius 1 is 1.35 bits per heavy atom. The number of aromatic nitrogens is 2. The van der Waals surface area contributed by atoms with Gasteiger partial charge in [0.25, 0.3) is 0 Å². The fourth-order valence-corrected chi connectivity index (χ4v) is 3.19.